The summed E-state index contributed by atoms with van der Waals surface area (Å²) in [6.07, 6.45) is 0. The van der Waals surface area contributed by atoms with Crippen molar-refractivity contribution in [3.63, 3.8) is 0 Å². The molecular formula is C28H39Cl2N7O3. The van der Waals surface area contributed by atoms with Crippen LogP contribution in [0.1, 0.15) is 35.1 Å². The zero-order chi connectivity index (χ0) is 27.2. The second kappa shape index (κ2) is 15.0. The Morgan fingerprint density at radius 1 is 1.00 bits per heavy atom. The van der Waals surface area contributed by atoms with E-state index >= 15 is 0 Å². The molecule has 0 fully saturated rings. The molecule has 2 amide bonds. The molecule has 0 bridgehead atoms. The van der Waals surface area contributed by atoms with Gasteiger partial charge in [-0.25, -0.2) is 5.01 Å². The molecule has 0 atom stereocenters. The molecular weight excluding hydrogens is 553 g/mol. The average Bonchev–Trinajstić information content (AvgIpc) is 3.52. The van der Waals surface area contributed by atoms with Crippen molar-refractivity contribution in [3.05, 3.63) is 64.5 Å². The number of aryl methyl sites for hydroxylation is 3. The van der Waals surface area contributed by atoms with Gasteiger partial charge in [-0.15, -0.1) is 24.8 Å². The zero-order valence-electron chi connectivity index (χ0n) is 23.7. The lowest BCUT2D eigenvalue weighted by molar-refractivity contribution is -0.145. The van der Waals surface area contributed by atoms with Crippen LogP contribution in [-0.2, 0) is 22.7 Å². The highest BCUT2D eigenvalue weighted by Crippen LogP contribution is 2.28. The fourth-order valence-corrected chi connectivity index (χ4v) is 4.57. The maximum Gasteiger partial charge on any atom is 0.256 e. The van der Waals surface area contributed by atoms with Crippen molar-refractivity contribution in [3.8, 4) is 11.4 Å². The second-order valence-electron chi connectivity index (χ2n) is 9.71. The van der Waals surface area contributed by atoms with Crippen molar-refractivity contribution in [2.24, 2.45) is 0 Å². The van der Waals surface area contributed by atoms with Gasteiger partial charge in [-0.2, -0.15) is 4.98 Å². The first-order chi connectivity index (χ1) is 18.2. The molecule has 0 spiro atoms. The number of benzene rings is 2. The average molecular weight is 593 g/mol. The van der Waals surface area contributed by atoms with E-state index in [0.29, 0.717) is 37.9 Å². The maximum atomic E-state index is 13.5. The van der Waals surface area contributed by atoms with Crippen LogP contribution in [-0.4, -0.2) is 71.7 Å². The molecule has 40 heavy (non-hydrogen) atoms. The van der Waals surface area contributed by atoms with E-state index in [0.717, 1.165) is 23.4 Å². The van der Waals surface area contributed by atoms with E-state index in [1.807, 2.05) is 42.0 Å². The first kappa shape index (κ1) is 33.0. The molecule has 3 aromatic rings. The van der Waals surface area contributed by atoms with Gasteiger partial charge < -0.3 is 20.1 Å². The van der Waals surface area contributed by atoms with Gasteiger partial charge in [-0.3, -0.25) is 14.6 Å². The number of nitrogens with zero attached hydrogens (tertiary/aromatic N) is 5. The minimum atomic E-state index is -0.150. The Hall–Kier alpha value is -3.18. The summed E-state index contributed by atoms with van der Waals surface area (Å²) in [5.41, 5.74) is 6.14. The number of carbonyl (C=O) groups is 2. The van der Waals surface area contributed by atoms with Gasteiger partial charge >= 0.3 is 0 Å². The number of anilines is 1. The van der Waals surface area contributed by atoms with E-state index in [1.54, 1.807) is 19.0 Å². The van der Waals surface area contributed by atoms with Crippen LogP contribution in [0.15, 0.2) is 40.9 Å². The Kier molecular flexibility index (Phi) is 12.4. The molecule has 2 aromatic carbocycles. The van der Waals surface area contributed by atoms with Gasteiger partial charge in [0.15, 0.2) is 0 Å². The van der Waals surface area contributed by atoms with Crippen molar-refractivity contribution in [1.82, 2.24) is 30.8 Å². The van der Waals surface area contributed by atoms with Gasteiger partial charge in [0.2, 0.25) is 17.6 Å². The van der Waals surface area contributed by atoms with Crippen LogP contribution < -0.4 is 15.5 Å². The van der Waals surface area contributed by atoms with Crippen LogP contribution in [0.5, 0.6) is 0 Å². The third kappa shape index (κ3) is 8.17. The first-order valence-electron chi connectivity index (χ1n) is 13.0. The summed E-state index contributed by atoms with van der Waals surface area (Å²) < 4.78 is 5.15. The van der Waals surface area contributed by atoms with Crippen LogP contribution in [0.2, 0.25) is 0 Å². The van der Waals surface area contributed by atoms with Gasteiger partial charge in [0, 0.05) is 51.4 Å². The molecule has 2 N–H and O–H groups in total. The number of hydrogen-bond acceptors (Lipinski definition) is 8. The Labute approximate surface area is 248 Å². The van der Waals surface area contributed by atoms with Crippen LogP contribution in [0.25, 0.3) is 11.4 Å². The third-order valence-corrected chi connectivity index (χ3v) is 6.72. The smallest absolute Gasteiger partial charge is 0.256 e. The summed E-state index contributed by atoms with van der Waals surface area (Å²) in [5, 5.41) is 13.9. The number of hydrazine groups is 1. The molecule has 1 aliphatic heterocycles. The van der Waals surface area contributed by atoms with Gasteiger partial charge in [0.25, 0.3) is 5.91 Å². The number of aromatic nitrogens is 2. The number of likely N-dealkylation sites (N-methyl/N-ethyl adjacent to an activating group) is 2. The molecule has 0 unspecified atom stereocenters. The predicted molar refractivity (Wildman–Crippen MR) is 161 cm³/mol. The van der Waals surface area contributed by atoms with Gasteiger partial charge in [0.1, 0.15) is 0 Å². The molecule has 1 aromatic heterocycles. The summed E-state index contributed by atoms with van der Waals surface area (Å²) in [6, 6.07) is 12.2. The largest absolute Gasteiger partial charge is 0.353 e. The standard InChI is InChI=1S/C28H37N7O3.2ClH/c1-6-29-11-12-30-26(36)17-34(25-14-22(10-8-20(25)3)28-31-21(4)38-32-28)18-27(37)33(5)35-15-23-9-7-19(2)13-24(23)16-35;;/h7-10,13-14,29H,6,11-12,15-18H2,1-5H3,(H,30,36);2*1H. The fraction of sp³-hybridized carbons (Fsp3) is 0.429. The van der Waals surface area contributed by atoms with Gasteiger partial charge in [0.05, 0.1) is 13.1 Å². The van der Waals surface area contributed by atoms with E-state index in [9.17, 15) is 9.59 Å². The van der Waals surface area contributed by atoms with Gasteiger partial charge in [-0.05, 0) is 43.1 Å². The molecule has 4 rings (SSSR count). The Morgan fingerprint density at radius 2 is 1.75 bits per heavy atom. The Bertz CT molecular complexity index is 1300. The molecule has 218 valence electrons. The van der Waals surface area contributed by atoms with Crippen molar-refractivity contribution in [2.75, 3.05) is 44.7 Å². The predicted octanol–water partition coefficient (Wildman–Crippen LogP) is 3.43. The van der Waals surface area contributed by atoms with Crippen LogP contribution in [0.3, 0.4) is 0 Å². The summed E-state index contributed by atoms with van der Waals surface area (Å²) in [5.74, 6) is 0.683. The molecule has 1 aliphatic rings. The van der Waals surface area contributed by atoms with E-state index in [2.05, 4.69) is 45.9 Å². The summed E-state index contributed by atoms with van der Waals surface area (Å²) in [7, 11) is 1.79. The quantitative estimate of drug-likeness (QED) is 0.327. The number of carbonyl (C=O) groups excluding carboxylic acids is 2. The van der Waals surface area contributed by atoms with E-state index < -0.39 is 0 Å². The molecule has 0 saturated heterocycles. The number of fused-ring (bicyclic) bond motifs is 1. The molecule has 0 radical (unpaired) electrons. The number of amides is 2. The van der Waals surface area contributed by atoms with Crippen molar-refractivity contribution >= 4 is 42.3 Å². The molecule has 12 heteroatoms. The SMILES string of the molecule is CCNCCNC(=O)CN(CC(=O)N(C)N1Cc2ccc(C)cc2C1)c1cc(-c2noc(C)n2)ccc1C.Cl.Cl. The highest BCUT2D eigenvalue weighted by Gasteiger charge is 2.27. The molecule has 0 saturated carbocycles. The second-order valence-corrected chi connectivity index (χ2v) is 9.71. The first-order valence-corrected chi connectivity index (χ1v) is 13.0. The normalized spacial score (nSPS) is 12.2. The van der Waals surface area contributed by atoms with Crippen molar-refractivity contribution in [1.29, 1.82) is 0 Å². The van der Waals surface area contributed by atoms with Crippen LogP contribution >= 0.6 is 24.8 Å². The number of hydrogen-bond donors (Lipinski definition) is 2. The Balaban J connectivity index is 0.00000280. The number of rotatable bonds is 11. The lowest BCUT2D eigenvalue weighted by atomic mass is 10.1. The number of nitrogens with one attached hydrogen (secondary N) is 2. The summed E-state index contributed by atoms with van der Waals surface area (Å²) in [6.45, 7) is 11.3. The van der Waals surface area contributed by atoms with Crippen molar-refractivity contribution in [2.45, 2.75) is 40.8 Å². The number of halogens is 2. The fourth-order valence-electron chi connectivity index (χ4n) is 4.57. The van der Waals surface area contributed by atoms with E-state index in [1.165, 1.54) is 16.7 Å². The van der Waals surface area contributed by atoms with Gasteiger partial charge in [-0.1, -0.05) is 48.0 Å². The monoisotopic (exact) mass is 591 g/mol. The highest BCUT2D eigenvalue weighted by molar-refractivity contribution is 5.87. The Morgan fingerprint density at radius 3 is 2.45 bits per heavy atom. The molecule has 0 aliphatic carbocycles. The van der Waals surface area contributed by atoms with E-state index in [-0.39, 0.29) is 49.7 Å². The van der Waals surface area contributed by atoms with Crippen LogP contribution in [0.4, 0.5) is 5.69 Å². The molecule has 2 heterocycles. The lowest BCUT2D eigenvalue weighted by Crippen LogP contribution is -2.48. The minimum Gasteiger partial charge on any atom is -0.353 e. The third-order valence-electron chi connectivity index (χ3n) is 6.72. The topological polar surface area (TPSA) is 107 Å². The zero-order valence-corrected chi connectivity index (χ0v) is 25.3. The van der Waals surface area contributed by atoms with Crippen molar-refractivity contribution < 1.29 is 14.1 Å². The summed E-state index contributed by atoms with van der Waals surface area (Å²) >= 11 is 0. The van der Waals surface area contributed by atoms with Crippen LogP contribution in [0, 0.1) is 20.8 Å². The molecule has 10 nitrogen and oxygen atoms in total. The lowest BCUT2D eigenvalue weighted by Gasteiger charge is -2.32. The highest BCUT2D eigenvalue weighted by atomic mass is 35.5. The maximum absolute atomic E-state index is 13.5. The summed E-state index contributed by atoms with van der Waals surface area (Å²) in [4.78, 5) is 32.6. The van der Waals surface area contributed by atoms with E-state index in [4.69, 9.17) is 4.52 Å². The minimum absolute atomic E-state index is 0.